The number of amidine groups is 1. The number of hydrogen-bond acceptors (Lipinski definition) is 3. The number of aliphatic imine (C=N–C) groups is 1. The van der Waals surface area contributed by atoms with Crippen molar-refractivity contribution >= 4 is 5.84 Å². The van der Waals surface area contributed by atoms with E-state index in [9.17, 15) is 0 Å². The van der Waals surface area contributed by atoms with Crippen molar-refractivity contribution in [2.45, 2.75) is 20.8 Å². The second kappa shape index (κ2) is 4.10. The average Bonchev–Trinajstić information content (AvgIpc) is 2.22. The van der Waals surface area contributed by atoms with Gasteiger partial charge in [-0.1, -0.05) is 13.8 Å². The number of quaternary nitrogens is 1. The van der Waals surface area contributed by atoms with E-state index in [1.807, 2.05) is 0 Å². The summed E-state index contributed by atoms with van der Waals surface area (Å²) in [6, 6.07) is 0. The number of piperazine rings is 1. The van der Waals surface area contributed by atoms with Crippen LogP contribution in [0.25, 0.3) is 0 Å². The third-order valence-electron chi connectivity index (χ3n) is 4.00. The van der Waals surface area contributed by atoms with Gasteiger partial charge in [-0.25, -0.2) is 10.4 Å². The second-order valence-corrected chi connectivity index (χ2v) is 6.55. The van der Waals surface area contributed by atoms with Gasteiger partial charge in [0.1, 0.15) is 6.54 Å². The first-order valence-corrected chi connectivity index (χ1v) is 6.37. The normalized spacial score (nSPS) is 33.6. The van der Waals surface area contributed by atoms with E-state index in [0.29, 0.717) is 0 Å². The number of rotatable bonds is 0. The minimum atomic E-state index is 0.177. The third-order valence-corrected chi connectivity index (χ3v) is 4.00. The van der Waals surface area contributed by atoms with Crippen molar-refractivity contribution in [1.82, 2.24) is 10.4 Å². The molecule has 4 heteroatoms. The Morgan fingerprint density at radius 1 is 1.41 bits per heavy atom. The fourth-order valence-corrected chi connectivity index (χ4v) is 2.11. The van der Waals surface area contributed by atoms with Crippen LogP contribution in [0.5, 0.6) is 0 Å². The molecule has 0 radical (unpaired) electrons. The van der Waals surface area contributed by atoms with Gasteiger partial charge in [0.05, 0.1) is 27.2 Å². The highest BCUT2D eigenvalue weighted by molar-refractivity contribution is 5.84. The second-order valence-electron chi connectivity index (χ2n) is 6.55. The fraction of sp³-hybridized carbons (Fsp3) is 0.769. The Morgan fingerprint density at radius 3 is 2.82 bits per heavy atom. The molecular weight excluding hydrogens is 212 g/mol. The summed E-state index contributed by atoms with van der Waals surface area (Å²) >= 11 is 0. The van der Waals surface area contributed by atoms with Crippen molar-refractivity contribution in [2.24, 2.45) is 10.4 Å². The van der Waals surface area contributed by atoms with E-state index in [4.69, 9.17) is 0 Å². The molecule has 1 N–H and O–H groups in total. The zero-order valence-corrected chi connectivity index (χ0v) is 11.7. The lowest BCUT2D eigenvalue weighted by atomic mass is 9.85. The first kappa shape index (κ1) is 12.6. The van der Waals surface area contributed by atoms with Crippen LogP contribution in [-0.2, 0) is 0 Å². The zero-order valence-electron chi connectivity index (χ0n) is 11.7. The summed E-state index contributed by atoms with van der Waals surface area (Å²) in [5.41, 5.74) is 5.05. The van der Waals surface area contributed by atoms with E-state index >= 15 is 0 Å². The molecule has 2 heterocycles. The third kappa shape index (κ3) is 2.69. The minimum Gasteiger partial charge on any atom is -0.321 e. The molecule has 0 aromatic heterocycles. The molecule has 0 unspecified atom stereocenters. The molecule has 2 aliphatic rings. The summed E-state index contributed by atoms with van der Waals surface area (Å²) in [6.07, 6.45) is 2.05. The van der Waals surface area contributed by atoms with Crippen molar-refractivity contribution in [1.29, 1.82) is 0 Å². The molecule has 1 saturated heterocycles. The van der Waals surface area contributed by atoms with E-state index in [-0.39, 0.29) is 5.41 Å². The number of nitrogens with zero attached hydrogens (tertiary/aromatic N) is 3. The highest BCUT2D eigenvalue weighted by Gasteiger charge is 2.32. The molecule has 0 bridgehead atoms. The Balaban J connectivity index is 2.27. The number of likely N-dealkylation sites (N-methyl/N-ethyl adjacent to an activating group) is 1. The topological polar surface area (TPSA) is 27.6 Å². The summed E-state index contributed by atoms with van der Waals surface area (Å²) in [6.45, 7) is 10.9. The molecule has 0 aromatic carbocycles. The molecule has 0 aliphatic carbocycles. The summed E-state index contributed by atoms with van der Waals surface area (Å²) < 4.78 is 1.02. The van der Waals surface area contributed by atoms with Gasteiger partial charge < -0.3 is 4.48 Å². The molecule has 2 rings (SSSR count). The van der Waals surface area contributed by atoms with Gasteiger partial charge in [0.25, 0.3) is 0 Å². The molecule has 2 aliphatic heterocycles. The summed E-state index contributed by atoms with van der Waals surface area (Å²) in [5, 5.41) is 2.23. The van der Waals surface area contributed by atoms with Crippen molar-refractivity contribution in [3.63, 3.8) is 0 Å². The molecule has 0 saturated carbocycles. The number of hydrogen-bond donors (Lipinski definition) is 1. The highest BCUT2D eigenvalue weighted by atomic mass is 15.6. The first-order valence-electron chi connectivity index (χ1n) is 6.37. The van der Waals surface area contributed by atoms with Gasteiger partial charge in [-0.15, -0.1) is 0 Å². The number of nitrogens with one attached hydrogen (secondary N) is 1. The van der Waals surface area contributed by atoms with E-state index in [1.54, 1.807) is 0 Å². The van der Waals surface area contributed by atoms with Crippen molar-refractivity contribution < 1.29 is 4.48 Å². The van der Waals surface area contributed by atoms with Crippen LogP contribution in [0.4, 0.5) is 0 Å². The molecule has 1 fully saturated rings. The van der Waals surface area contributed by atoms with Crippen molar-refractivity contribution in [3.8, 4) is 0 Å². The van der Waals surface area contributed by atoms with Gasteiger partial charge in [-0.3, -0.25) is 5.01 Å². The fourth-order valence-electron chi connectivity index (χ4n) is 2.11. The Labute approximate surface area is 105 Å². The lowest BCUT2D eigenvalue weighted by Gasteiger charge is -2.42. The quantitative estimate of drug-likeness (QED) is 0.642. The van der Waals surface area contributed by atoms with Gasteiger partial charge in [0, 0.05) is 18.2 Å². The maximum atomic E-state index is 4.68. The SMILES string of the molecule is C/C1=C\N=C2\C[N+](C)(C)CCN2NCC1(C)C. The first-order chi connectivity index (χ1) is 7.80. The van der Waals surface area contributed by atoms with Gasteiger partial charge in [-0.2, -0.15) is 0 Å². The van der Waals surface area contributed by atoms with Crippen molar-refractivity contribution in [3.05, 3.63) is 11.8 Å². The predicted octanol–water partition coefficient (Wildman–Crippen LogP) is 1.23. The molecule has 0 atom stereocenters. The van der Waals surface area contributed by atoms with Crippen LogP contribution < -0.4 is 5.43 Å². The van der Waals surface area contributed by atoms with Crippen LogP contribution in [0, 0.1) is 5.41 Å². The maximum absolute atomic E-state index is 4.68. The van der Waals surface area contributed by atoms with Crippen LogP contribution in [0.2, 0.25) is 0 Å². The molecule has 0 amide bonds. The van der Waals surface area contributed by atoms with Crippen LogP contribution >= 0.6 is 0 Å². The lowest BCUT2D eigenvalue weighted by molar-refractivity contribution is -0.884. The van der Waals surface area contributed by atoms with Crippen LogP contribution in [0.1, 0.15) is 20.8 Å². The van der Waals surface area contributed by atoms with Gasteiger partial charge in [-0.05, 0) is 12.5 Å². The smallest absolute Gasteiger partial charge is 0.174 e. The predicted molar refractivity (Wildman–Crippen MR) is 71.5 cm³/mol. The lowest BCUT2D eigenvalue weighted by Crippen LogP contribution is -2.62. The largest absolute Gasteiger partial charge is 0.321 e. The van der Waals surface area contributed by atoms with E-state index in [2.05, 4.69) is 56.5 Å². The van der Waals surface area contributed by atoms with E-state index in [1.165, 1.54) is 5.57 Å². The standard InChI is InChI=1S/C13H25N4/c1-11-8-14-12-9-17(4,5)7-6-16(12)15-10-13(11,2)3/h8,15H,6-7,9-10H2,1-5H3/q+1/b11-8+,14-12-. The van der Waals surface area contributed by atoms with Crippen LogP contribution in [-0.4, -0.2) is 55.6 Å². The summed E-state index contributed by atoms with van der Waals surface area (Å²) in [5.74, 6) is 1.16. The summed E-state index contributed by atoms with van der Waals surface area (Å²) in [4.78, 5) is 4.68. The molecule has 17 heavy (non-hydrogen) atoms. The summed E-state index contributed by atoms with van der Waals surface area (Å²) in [7, 11) is 4.53. The van der Waals surface area contributed by atoms with E-state index < -0.39 is 0 Å². The molecule has 96 valence electrons. The average molecular weight is 237 g/mol. The minimum absolute atomic E-state index is 0.177. The molecular formula is C13H25N4+. The highest BCUT2D eigenvalue weighted by Crippen LogP contribution is 2.26. The Kier molecular flexibility index (Phi) is 3.04. The Morgan fingerprint density at radius 2 is 2.12 bits per heavy atom. The molecule has 0 aromatic rings. The van der Waals surface area contributed by atoms with E-state index in [0.717, 1.165) is 36.5 Å². The zero-order chi connectivity index (χ0) is 12.7. The maximum Gasteiger partial charge on any atom is 0.174 e. The molecule has 0 spiro atoms. The van der Waals surface area contributed by atoms with Crippen LogP contribution in [0.3, 0.4) is 0 Å². The van der Waals surface area contributed by atoms with Gasteiger partial charge in [0.15, 0.2) is 5.84 Å². The Bertz CT molecular complexity index is 366. The monoisotopic (exact) mass is 237 g/mol. The number of fused-ring (bicyclic) bond motifs is 1. The van der Waals surface area contributed by atoms with Gasteiger partial charge >= 0.3 is 0 Å². The van der Waals surface area contributed by atoms with Crippen LogP contribution in [0.15, 0.2) is 16.8 Å². The van der Waals surface area contributed by atoms with Crippen molar-refractivity contribution in [2.75, 3.05) is 40.3 Å². The van der Waals surface area contributed by atoms with Gasteiger partial charge in [0.2, 0.25) is 0 Å². The number of hydrazine groups is 1. The Hall–Kier alpha value is -0.870. The molecule has 4 nitrogen and oxygen atoms in total.